The second-order valence-electron chi connectivity index (χ2n) is 6.86. The van der Waals surface area contributed by atoms with Crippen LogP contribution in [0.1, 0.15) is 36.1 Å². The maximum absolute atomic E-state index is 12.5. The molecule has 0 aliphatic carbocycles. The second-order valence-corrected chi connectivity index (χ2v) is 6.86. The average molecular weight is 401 g/mol. The predicted octanol–water partition coefficient (Wildman–Crippen LogP) is 2.01. The van der Waals surface area contributed by atoms with Crippen molar-refractivity contribution in [3.8, 4) is 17.2 Å². The van der Waals surface area contributed by atoms with E-state index in [0.29, 0.717) is 36.3 Å². The first kappa shape index (κ1) is 19.1. The van der Waals surface area contributed by atoms with Crippen molar-refractivity contribution in [2.75, 3.05) is 32.2 Å². The van der Waals surface area contributed by atoms with Crippen LogP contribution in [0.15, 0.2) is 12.1 Å². The molecule has 1 aromatic heterocycles. The van der Waals surface area contributed by atoms with Crippen molar-refractivity contribution in [2.24, 2.45) is 0 Å². The first-order valence-electron chi connectivity index (χ1n) is 9.52. The first-order valence-corrected chi connectivity index (χ1v) is 9.52. The molecule has 154 valence electrons. The fourth-order valence-corrected chi connectivity index (χ4v) is 3.84. The van der Waals surface area contributed by atoms with Crippen molar-refractivity contribution < 1.29 is 28.5 Å². The average Bonchev–Trinajstić information content (AvgIpc) is 3.01. The summed E-state index contributed by atoms with van der Waals surface area (Å²) >= 11 is 0. The summed E-state index contributed by atoms with van der Waals surface area (Å²) in [6.07, 6.45) is 0.252. The molecule has 0 saturated carbocycles. The Balaban J connectivity index is 1.77. The number of methoxy groups -OCH3 is 1. The lowest BCUT2D eigenvalue weighted by Gasteiger charge is -2.27. The molecule has 2 aliphatic heterocycles. The molecule has 2 aliphatic rings. The highest BCUT2D eigenvalue weighted by Gasteiger charge is 2.34. The highest BCUT2D eigenvalue weighted by Crippen LogP contribution is 2.46. The quantitative estimate of drug-likeness (QED) is 0.765. The van der Waals surface area contributed by atoms with Crippen LogP contribution in [-0.4, -0.2) is 48.6 Å². The van der Waals surface area contributed by atoms with Crippen LogP contribution in [-0.2, 0) is 20.9 Å². The molecule has 0 saturated heterocycles. The van der Waals surface area contributed by atoms with Crippen LogP contribution < -0.4 is 19.5 Å². The van der Waals surface area contributed by atoms with Gasteiger partial charge < -0.3 is 24.3 Å². The smallest absolute Gasteiger partial charge is 0.327 e. The Morgan fingerprint density at radius 1 is 1.34 bits per heavy atom. The summed E-state index contributed by atoms with van der Waals surface area (Å²) in [6.45, 7) is 4.73. The summed E-state index contributed by atoms with van der Waals surface area (Å²) in [4.78, 5) is 24.4. The van der Waals surface area contributed by atoms with Crippen molar-refractivity contribution in [1.29, 1.82) is 0 Å². The number of anilines is 1. The van der Waals surface area contributed by atoms with Crippen LogP contribution in [0.2, 0.25) is 0 Å². The number of amides is 1. The lowest BCUT2D eigenvalue weighted by Crippen LogP contribution is -2.26. The van der Waals surface area contributed by atoms with E-state index in [9.17, 15) is 9.59 Å². The summed E-state index contributed by atoms with van der Waals surface area (Å²) in [7, 11) is 1.57. The first-order chi connectivity index (χ1) is 14.0. The zero-order chi connectivity index (χ0) is 20.5. The topological polar surface area (TPSA) is 101 Å². The van der Waals surface area contributed by atoms with E-state index in [1.165, 1.54) is 4.68 Å². The number of benzene rings is 1. The van der Waals surface area contributed by atoms with Crippen LogP contribution in [0.5, 0.6) is 17.2 Å². The Kier molecular flexibility index (Phi) is 5.04. The van der Waals surface area contributed by atoms with Gasteiger partial charge in [-0.15, -0.1) is 0 Å². The van der Waals surface area contributed by atoms with Crippen molar-refractivity contribution >= 4 is 17.7 Å². The minimum absolute atomic E-state index is 0.0680. The number of hydrogen-bond acceptors (Lipinski definition) is 7. The van der Waals surface area contributed by atoms with E-state index in [-0.39, 0.29) is 31.4 Å². The molecule has 1 atom stereocenters. The molecule has 9 nitrogen and oxygen atoms in total. The number of nitrogens with one attached hydrogen (secondary N) is 1. The van der Waals surface area contributed by atoms with Gasteiger partial charge >= 0.3 is 5.97 Å². The summed E-state index contributed by atoms with van der Waals surface area (Å²) in [5, 5.41) is 7.32. The lowest BCUT2D eigenvalue weighted by atomic mass is 9.85. The van der Waals surface area contributed by atoms with E-state index in [1.807, 2.05) is 19.1 Å². The van der Waals surface area contributed by atoms with Gasteiger partial charge in [0.15, 0.2) is 11.5 Å². The number of aromatic nitrogens is 2. The molecular formula is C20H23N3O6. The van der Waals surface area contributed by atoms with Crippen molar-refractivity contribution in [2.45, 2.75) is 32.7 Å². The van der Waals surface area contributed by atoms with E-state index >= 15 is 0 Å². The highest BCUT2D eigenvalue weighted by molar-refractivity contribution is 5.95. The number of hydrogen-bond donors (Lipinski definition) is 1. The molecule has 0 unspecified atom stereocenters. The third-order valence-electron chi connectivity index (χ3n) is 5.01. The molecule has 9 heteroatoms. The Morgan fingerprint density at radius 3 is 2.90 bits per heavy atom. The fourth-order valence-electron chi connectivity index (χ4n) is 3.84. The third-order valence-corrected chi connectivity index (χ3v) is 5.01. The third kappa shape index (κ3) is 3.48. The van der Waals surface area contributed by atoms with E-state index in [0.717, 1.165) is 16.8 Å². The van der Waals surface area contributed by atoms with Gasteiger partial charge in [-0.25, -0.2) is 4.68 Å². The molecule has 3 heterocycles. The molecule has 1 amide bonds. The maximum atomic E-state index is 12.5. The van der Waals surface area contributed by atoms with Crippen molar-refractivity contribution in [1.82, 2.24) is 9.78 Å². The lowest BCUT2D eigenvalue weighted by molar-refractivity contribution is -0.144. The largest absolute Gasteiger partial charge is 0.493 e. The van der Waals surface area contributed by atoms with Gasteiger partial charge in [-0.3, -0.25) is 9.59 Å². The highest BCUT2D eigenvalue weighted by atomic mass is 16.6. The van der Waals surface area contributed by atoms with Gasteiger partial charge in [0.1, 0.15) is 25.6 Å². The van der Waals surface area contributed by atoms with Gasteiger partial charge in [0.25, 0.3) is 0 Å². The molecule has 0 radical (unpaired) electrons. The summed E-state index contributed by atoms with van der Waals surface area (Å²) < 4.78 is 23.4. The van der Waals surface area contributed by atoms with Crippen LogP contribution >= 0.6 is 0 Å². The molecule has 1 N–H and O–H groups in total. The Bertz CT molecular complexity index is 950. The summed E-state index contributed by atoms with van der Waals surface area (Å²) in [5.41, 5.74) is 2.47. The molecule has 1 aromatic carbocycles. The van der Waals surface area contributed by atoms with E-state index in [1.54, 1.807) is 14.0 Å². The van der Waals surface area contributed by atoms with Gasteiger partial charge in [-0.05, 0) is 31.5 Å². The van der Waals surface area contributed by atoms with Gasteiger partial charge in [0.05, 0.1) is 19.4 Å². The van der Waals surface area contributed by atoms with Gasteiger partial charge in [0, 0.05) is 17.9 Å². The number of carbonyl (C=O) groups excluding carboxylic acids is 2. The zero-order valence-corrected chi connectivity index (χ0v) is 16.6. The second kappa shape index (κ2) is 7.65. The number of ether oxygens (including phenoxy) is 4. The molecule has 2 aromatic rings. The SMILES string of the molecule is CCOC(=O)Cn1nc(C)c2c1NC(=O)C[C@@H]2c1cc(OC)c2c(c1)OCCO2. The number of fused-ring (bicyclic) bond motifs is 2. The van der Waals surface area contributed by atoms with Gasteiger partial charge in [-0.1, -0.05) is 0 Å². The van der Waals surface area contributed by atoms with Crippen molar-refractivity contribution in [3.05, 3.63) is 29.0 Å². The standard InChI is InChI=1S/C20H23N3O6/c1-4-27-17(25)10-23-20-18(11(2)22-23)13(9-16(24)21-20)12-7-14(26-3)19-15(8-12)28-5-6-29-19/h7-8,13H,4-6,9-10H2,1-3H3,(H,21,24)/t13-/m1/s1. The number of nitrogens with zero attached hydrogens (tertiary/aromatic N) is 2. The summed E-state index contributed by atoms with van der Waals surface area (Å²) in [6, 6.07) is 3.74. The van der Waals surface area contributed by atoms with E-state index in [2.05, 4.69) is 10.4 Å². The van der Waals surface area contributed by atoms with Crippen LogP contribution in [0.25, 0.3) is 0 Å². The number of aryl methyl sites for hydroxylation is 1. The Labute approximate surface area is 167 Å². The van der Waals surface area contributed by atoms with Gasteiger partial charge in [0.2, 0.25) is 11.7 Å². The molecule has 0 fully saturated rings. The Morgan fingerprint density at radius 2 is 2.14 bits per heavy atom. The summed E-state index contributed by atoms with van der Waals surface area (Å²) in [5.74, 6) is 1.43. The molecule has 4 rings (SSSR count). The number of rotatable bonds is 5. The Hall–Kier alpha value is -3.23. The molecule has 0 bridgehead atoms. The zero-order valence-electron chi connectivity index (χ0n) is 16.6. The molecule has 0 spiro atoms. The fraction of sp³-hybridized carbons (Fsp3) is 0.450. The maximum Gasteiger partial charge on any atom is 0.327 e. The van der Waals surface area contributed by atoms with Crippen LogP contribution in [0.4, 0.5) is 5.82 Å². The van der Waals surface area contributed by atoms with E-state index < -0.39 is 5.97 Å². The van der Waals surface area contributed by atoms with Crippen LogP contribution in [0, 0.1) is 6.92 Å². The van der Waals surface area contributed by atoms with Crippen molar-refractivity contribution in [3.63, 3.8) is 0 Å². The monoisotopic (exact) mass is 401 g/mol. The molecule has 29 heavy (non-hydrogen) atoms. The minimum Gasteiger partial charge on any atom is -0.493 e. The normalized spacial score (nSPS) is 17.3. The number of esters is 1. The van der Waals surface area contributed by atoms with E-state index in [4.69, 9.17) is 18.9 Å². The van der Waals surface area contributed by atoms with Crippen LogP contribution in [0.3, 0.4) is 0 Å². The molecular weight excluding hydrogens is 378 g/mol. The minimum atomic E-state index is -0.407. The predicted molar refractivity (Wildman–Crippen MR) is 103 cm³/mol. The number of carbonyl (C=O) groups is 2. The van der Waals surface area contributed by atoms with Gasteiger partial charge in [-0.2, -0.15) is 5.10 Å².